The number of hydrogen-bond acceptors (Lipinski definition) is 6. The number of aromatic nitrogens is 2. The van der Waals surface area contributed by atoms with Gasteiger partial charge in [0.1, 0.15) is 11.5 Å². The van der Waals surface area contributed by atoms with Gasteiger partial charge in [0, 0.05) is 30.6 Å². The van der Waals surface area contributed by atoms with E-state index in [1.807, 2.05) is 5.38 Å². The molecule has 0 bridgehead atoms. The molecule has 0 saturated heterocycles. The van der Waals surface area contributed by atoms with Crippen molar-refractivity contribution in [3.8, 4) is 0 Å². The highest BCUT2D eigenvalue weighted by atomic mass is 32.1. The van der Waals surface area contributed by atoms with Crippen LogP contribution in [0.15, 0.2) is 23.7 Å². The predicted octanol–water partition coefficient (Wildman–Crippen LogP) is 2.41. The van der Waals surface area contributed by atoms with Gasteiger partial charge in [0.25, 0.3) is 5.69 Å². The van der Waals surface area contributed by atoms with Crippen LogP contribution in [0, 0.1) is 17.0 Å². The first kappa shape index (κ1) is 12.4. The molecule has 0 aliphatic heterocycles. The topological polar surface area (TPSA) is 81.0 Å². The SMILES string of the molecule is Cc1nc(NCCc2nccs2)ccc1[N+](=O)[O-]. The number of pyridine rings is 1. The molecular weight excluding hydrogens is 252 g/mol. The van der Waals surface area contributed by atoms with Crippen LogP contribution in [0.2, 0.25) is 0 Å². The van der Waals surface area contributed by atoms with E-state index in [9.17, 15) is 10.1 Å². The number of anilines is 1. The van der Waals surface area contributed by atoms with Gasteiger partial charge >= 0.3 is 0 Å². The second-order valence-corrected chi connectivity index (χ2v) is 4.64. The van der Waals surface area contributed by atoms with Gasteiger partial charge in [0.2, 0.25) is 0 Å². The minimum absolute atomic E-state index is 0.0421. The maximum Gasteiger partial charge on any atom is 0.290 e. The summed E-state index contributed by atoms with van der Waals surface area (Å²) in [5.74, 6) is 0.648. The van der Waals surface area contributed by atoms with Crippen molar-refractivity contribution in [1.29, 1.82) is 0 Å². The third-order valence-corrected chi connectivity index (χ3v) is 3.22. The lowest BCUT2D eigenvalue weighted by molar-refractivity contribution is -0.385. The molecule has 18 heavy (non-hydrogen) atoms. The second kappa shape index (κ2) is 5.54. The molecule has 6 nitrogen and oxygen atoms in total. The van der Waals surface area contributed by atoms with Crippen LogP contribution in [0.4, 0.5) is 11.5 Å². The molecule has 0 saturated carbocycles. The van der Waals surface area contributed by atoms with E-state index >= 15 is 0 Å². The van der Waals surface area contributed by atoms with E-state index in [2.05, 4.69) is 15.3 Å². The first-order valence-corrected chi connectivity index (χ1v) is 6.29. The van der Waals surface area contributed by atoms with Crippen molar-refractivity contribution in [1.82, 2.24) is 9.97 Å². The molecular formula is C11H12N4O2S. The lowest BCUT2D eigenvalue weighted by Gasteiger charge is -2.05. The Morgan fingerprint density at radius 2 is 2.33 bits per heavy atom. The van der Waals surface area contributed by atoms with Gasteiger partial charge in [-0.1, -0.05) is 0 Å². The average molecular weight is 264 g/mol. The third-order valence-electron chi connectivity index (χ3n) is 2.38. The average Bonchev–Trinajstić information content (AvgIpc) is 2.81. The van der Waals surface area contributed by atoms with Crippen molar-refractivity contribution in [3.05, 3.63) is 44.5 Å². The molecule has 0 aromatic carbocycles. The van der Waals surface area contributed by atoms with Crippen LogP contribution in [-0.2, 0) is 6.42 Å². The van der Waals surface area contributed by atoms with Gasteiger partial charge in [-0.2, -0.15) is 0 Å². The van der Waals surface area contributed by atoms with E-state index < -0.39 is 4.92 Å². The molecule has 0 amide bonds. The van der Waals surface area contributed by atoms with Crippen molar-refractivity contribution in [3.63, 3.8) is 0 Å². The fourth-order valence-electron chi connectivity index (χ4n) is 1.52. The number of thiazole rings is 1. The first-order valence-electron chi connectivity index (χ1n) is 5.41. The van der Waals surface area contributed by atoms with E-state index in [4.69, 9.17) is 0 Å². The highest BCUT2D eigenvalue weighted by Crippen LogP contribution is 2.17. The fourth-order valence-corrected chi connectivity index (χ4v) is 2.14. The molecule has 0 unspecified atom stereocenters. The summed E-state index contributed by atoms with van der Waals surface area (Å²) in [6.07, 6.45) is 2.59. The van der Waals surface area contributed by atoms with Crippen molar-refractivity contribution in [2.75, 3.05) is 11.9 Å². The minimum Gasteiger partial charge on any atom is -0.370 e. The van der Waals surface area contributed by atoms with E-state index in [-0.39, 0.29) is 5.69 Å². The summed E-state index contributed by atoms with van der Waals surface area (Å²) >= 11 is 1.61. The molecule has 0 spiro atoms. The van der Waals surface area contributed by atoms with E-state index in [0.29, 0.717) is 18.1 Å². The number of hydrogen-bond donors (Lipinski definition) is 1. The number of nitro groups is 1. The lowest BCUT2D eigenvalue weighted by Crippen LogP contribution is -2.07. The molecule has 94 valence electrons. The zero-order valence-corrected chi connectivity index (χ0v) is 10.6. The number of rotatable bonds is 5. The Bertz CT molecular complexity index is 542. The molecule has 1 N–H and O–H groups in total. The Morgan fingerprint density at radius 3 is 2.94 bits per heavy atom. The van der Waals surface area contributed by atoms with Crippen LogP contribution in [-0.4, -0.2) is 21.4 Å². The number of aryl methyl sites for hydroxylation is 1. The summed E-state index contributed by atoms with van der Waals surface area (Å²) in [6.45, 7) is 2.34. The van der Waals surface area contributed by atoms with E-state index in [1.165, 1.54) is 6.07 Å². The van der Waals surface area contributed by atoms with Gasteiger partial charge in [0.05, 0.1) is 9.93 Å². The number of nitrogens with one attached hydrogen (secondary N) is 1. The van der Waals surface area contributed by atoms with Gasteiger partial charge < -0.3 is 5.32 Å². The summed E-state index contributed by atoms with van der Waals surface area (Å²) < 4.78 is 0. The highest BCUT2D eigenvalue weighted by molar-refractivity contribution is 7.09. The lowest BCUT2D eigenvalue weighted by atomic mass is 10.3. The molecule has 2 heterocycles. The molecule has 2 rings (SSSR count). The van der Waals surface area contributed by atoms with E-state index in [1.54, 1.807) is 30.5 Å². The van der Waals surface area contributed by atoms with Crippen LogP contribution < -0.4 is 5.32 Å². The molecule has 2 aromatic heterocycles. The Balaban J connectivity index is 1.94. The van der Waals surface area contributed by atoms with Crippen molar-refractivity contribution in [2.45, 2.75) is 13.3 Å². The Kier molecular flexibility index (Phi) is 3.83. The molecule has 0 aliphatic rings. The maximum absolute atomic E-state index is 10.6. The quantitative estimate of drug-likeness (QED) is 0.662. The fraction of sp³-hybridized carbons (Fsp3) is 0.273. The largest absolute Gasteiger partial charge is 0.370 e. The van der Waals surface area contributed by atoms with Crippen LogP contribution in [0.3, 0.4) is 0 Å². The van der Waals surface area contributed by atoms with Gasteiger partial charge in [-0.3, -0.25) is 10.1 Å². The molecule has 0 aliphatic carbocycles. The van der Waals surface area contributed by atoms with Crippen LogP contribution >= 0.6 is 11.3 Å². The van der Waals surface area contributed by atoms with Gasteiger partial charge in [-0.05, 0) is 13.0 Å². The Labute approximate surface area is 108 Å². The zero-order chi connectivity index (χ0) is 13.0. The van der Waals surface area contributed by atoms with E-state index in [0.717, 1.165) is 11.4 Å². The zero-order valence-electron chi connectivity index (χ0n) is 9.79. The monoisotopic (exact) mass is 264 g/mol. The molecule has 0 atom stereocenters. The molecule has 0 radical (unpaired) electrons. The Hall–Kier alpha value is -2.02. The van der Waals surface area contributed by atoms with Crippen LogP contribution in [0.5, 0.6) is 0 Å². The summed E-state index contributed by atoms with van der Waals surface area (Å²) in [7, 11) is 0. The van der Waals surface area contributed by atoms with Crippen molar-refractivity contribution in [2.24, 2.45) is 0 Å². The smallest absolute Gasteiger partial charge is 0.290 e. The van der Waals surface area contributed by atoms with Crippen LogP contribution in [0.1, 0.15) is 10.7 Å². The maximum atomic E-state index is 10.6. The summed E-state index contributed by atoms with van der Waals surface area (Å²) in [6, 6.07) is 3.08. The highest BCUT2D eigenvalue weighted by Gasteiger charge is 2.11. The Morgan fingerprint density at radius 1 is 1.50 bits per heavy atom. The summed E-state index contributed by atoms with van der Waals surface area (Å²) in [5.41, 5.74) is 0.458. The third kappa shape index (κ3) is 3.01. The second-order valence-electron chi connectivity index (χ2n) is 3.66. The van der Waals surface area contributed by atoms with Gasteiger partial charge in [0.15, 0.2) is 0 Å². The normalized spacial score (nSPS) is 10.3. The minimum atomic E-state index is -0.429. The molecule has 0 fully saturated rings. The van der Waals surface area contributed by atoms with Gasteiger partial charge in [-0.25, -0.2) is 9.97 Å². The van der Waals surface area contributed by atoms with Gasteiger partial charge in [-0.15, -0.1) is 11.3 Å². The standard InChI is InChI=1S/C11H12N4O2S/c1-8-9(15(16)17)2-3-10(14-8)12-5-4-11-13-6-7-18-11/h2-3,6-7H,4-5H2,1H3,(H,12,14). The predicted molar refractivity (Wildman–Crippen MR) is 69.9 cm³/mol. The van der Waals surface area contributed by atoms with Crippen molar-refractivity contribution >= 4 is 22.8 Å². The number of nitrogens with zero attached hydrogens (tertiary/aromatic N) is 3. The molecule has 2 aromatic rings. The summed E-state index contributed by atoms with van der Waals surface area (Å²) in [5, 5.41) is 16.8. The van der Waals surface area contributed by atoms with Crippen LogP contribution in [0.25, 0.3) is 0 Å². The van der Waals surface area contributed by atoms with Crippen molar-refractivity contribution < 1.29 is 4.92 Å². The summed E-state index contributed by atoms with van der Waals surface area (Å²) in [4.78, 5) is 18.5. The first-order chi connectivity index (χ1) is 8.66. The molecule has 7 heteroatoms.